The van der Waals surface area contributed by atoms with E-state index in [1.54, 1.807) is 0 Å². The van der Waals surface area contributed by atoms with E-state index < -0.39 is 29.0 Å². The van der Waals surface area contributed by atoms with Crippen molar-refractivity contribution >= 4 is 33.1 Å². The molecule has 3 rings (SSSR count). The molecule has 0 aliphatic rings. The summed E-state index contributed by atoms with van der Waals surface area (Å²) >= 11 is 1.54. The fourth-order valence-electron chi connectivity index (χ4n) is 2.65. The molecular weight excluding hydrogens is 351 g/mol. The van der Waals surface area contributed by atoms with E-state index in [0.29, 0.717) is 18.7 Å². The highest BCUT2D eigenvalue weighted by atomic mass is 32.1. The fourth-order valence-corrected chi connectivity index (χ4v) is 3.66. The topological polar surface area (TPSA) is 48.1 Å². The Morgan fingerprint density at radius 3 is 2.44 bits per heavy atom. The van der Waals surface area contributed by atoms with Crippen LogP contribution in [0.1, 0.15) is 20.9 Å². The second-order valence-corrected chi connectivity index (χ2v) is 7.27. The normalized spacial score (nSPS) is 11.5. The van der Waals surface area contributed by atoms with Crippen molar-refractivity contribution in [2.24, 2.45) is 0 Å². The van der Waals surface area contributed by atoms with Crippen LogP contribution in [-0.2, 0) is 6.54 Å². The zero-order chi connectivity index (χ0) is 18.3. The lowest BCUT2D eigenvalue weighted by atomic mass is 10.2. The van der Waals surface area contributed by atoms with E-state index in [9.17, 15) is 18.0 Å². The van der Waals surface area contributed by atoms with Gasteiger partial charge in [-0.3, -0.25) is 4.79 Å². The number of anilines is 1. The molecule has 1 aromatic carbocycles. The fraction of sp³-hybridized carbons (Fsp3) is 0.235. The van der Waals surface area contributed by atoms with Crippen molar-refractivity contribution in [3.63, 3.8) is 0 Å². The van der Waals surface area contributed by atoms with E-state index in [1.807, 2.05) is 32.0 Å². The Balaban J connectivity index is 2.01. The molecule has 0 bridgehead atoms. The molecule has 25 heavy (non-hydrogen) atoms. The molecule has 0 unspecified atom stereocenters. The number of aryl methyl sites for hydroxylation is 1. The molecule has 0 atom stereocenters. The number of hydrogen-bond acceptors (Lipinski definition) is 3. The van der Waals surface area contributed by atoms with Crippen LogP contribution in [-0.4, -0.2) is 29.9 Å². The number of thiophene rings is 1. The average Bonchev–Trinajstić information content (AvgIpc) is 3.00. The van der Waals surface area contributed by atoms with Crippen LogP contribution >= 0.6 is 11.3 Å². The Labute approximate surface area is 146 Å². The number of aromatic amines is 1. The third kappa shape index (κ3) is 3.40. The molecule has 4 nitrogen and oxygen atoms in total. The quantitative estimate of drug-likeness (QED) is 0.724. The first-order valence-corrected chi connectivity index (χ1v) is 8.29. The van der Waals surface area contributed by atoms with Gasteiger partial charge < -0.3 is 15.2 Å². The lowest BCUT2D eigenvalue weighted by Gasteiger charge is -2.12. The van der Waals surface area contributed by atoms with Crippen molar-refractivity contribution in [3.05, 3.63) is 51.8 Å². The van der Waals surface area contributed by atoms with Gasteiger partial charge in [0.2, 0.25) is 0 Å². The molecule has 1 amide bonds. The maximum atomic E-state index is 13.8. The summed E-state index contributed by atoms with van der Waals surface area (Å²) in [6.07, 6.45) is 0. The molecule has 2 heterocycles. The van der Waals surface area contributed by atoms with Crippen LogP contribution in [0.3, 0.4) is 0 Å². The Kier molecular flexibility index (Phi) is 4.57. The number of aromatic nitrogens is 1. The van der Waals surface area contributed by atoms with Gasteiger partial charge in [0, 0.05) is 29.1 Å². The highest BCUT2D eigenvalue weighted by molar-refractivity contribution is 7.19. The van der Waals surface area contributed by atoms with E-state index >= 15 is 0 Å². The predicted octanol–water partition coefficient (Wildman–Crippen LogP) is 4.27. The van der Waals surface area contributed by atoms with Crippen molar-refractivity contribution in [3.8, 4) is 0 Å². The standard InChI is InChI=1S/C17H16F3N3OS/c1-8-4-13-16(25-8)10(7-23(2)3)14(21-13)17(24)22-15-11(19)5-9(18)6-12(15)20/h4-6,21H,7H2,1-3H3,(H,22,24). The van der Waals surface area contributed by atoms with E-state index in [-0.39, 0.29) is 5.69 Å². The van der Waals surface area contributed by atoms with Gasteiger partial charge in [0.25, 0.3) is 5.91 Å². The molecule has 0 radical (unpaired) electrons. The number of carbonyl (C=O) groups is 1. The number of H-pyrrole nitrogens is 1. The van der Waals surface area contributed by atoms with Gasteiger partial charge >= 0.3 is 0 Å². The number of hydrogen-bond donors (Lipinski definition) is 2. The second-order valence-electron chi connectivity index (χ2n) is 6.01. The lowest BCUT2D eigenvalue weighted by Crippen LogP contribution is -2.19. The maximum Gasteiger partial charge on any atom is 0.272 e. The number of fused-ring (bicyclic) bond motifs is 1. The Hall–Kier alpha value is -2.32. The van der Waals surface area contributed by atoms with E-state index in [1.165, 1.54) is 11.3 Å². The molecule has 0 fully saturated rings. The number of amides is 1. The SMILES string of the molecule is Cc1cc2[nH]c(C(=O)Nc3c(F)cc(F)cc3F)c(CN(C)C)c2s1. The van der Waals surface area contributed by atoms with Gasteiger partial charge in [0.15, 0.2) is 11.6 Å². The third-order valence-electron chi connectivity index (χ3n) is 3.64. The number of nitrogens with zero attached hydrogens (tertiary/aromatic N) is 1. The van der Waals surface area contributed by atoms with Crippen LogP contribution in [0.5, 0.6) is 0 Å². The summed E-state index contributed by atoms with van der Waals surface area (Å²) in [5.41, 5.74) is 1.11. The van der Waals surface area contributed by atoms with E-state index in [0.717, 1.165) is 20.7 Å². The smallest absolute Gasteiger partial charge is 0.272 e. The highest BCUT2D eigenvalue weighted by Gasteiger charge is 2.22. The molecule has 0 saturated heterocycles. The molecule has 2 aromatic heterocycles. The summed E-state index contributed by atoms with van der Waals surface area (Å²) in [5.74, 6) is -4.05. The van der Waals surface area contributed by atoms with Gasteiger partial charge in [-0.05, 0) is 27.1 Å². The Bertz CT molecular complexity index is 939. The van der Waals surface area contributed by atoms with Crippen LogP contribution in [0.4, 0.5) is 18.9 Å². The first kappa shape index (κ1) is 17.5. The minimum atomic E-state index is -1.16. The first-order valence-electron chi connectivity index (χ1n) is 7.48. The van der Waals surface area contributed by atoms with Crippen molar-refractivity contribution in [2.75, 3.05) is 19.4 Å². The predicted molar refractivity (Wildman–Crippen MR) is 92.6 cm³/mol. The van der Waals surface area contributed by atoms with Crippen molar-refractivity contribution in [2.45, 2.75) is 13.5 Å². The largest absolute Gasteiger partial charge is 0.350 e. The van der Waals surface area contributed by atoms with Crippen LogP contribution in [0, 0.1) is 24.4 Å². The number of rotatable bonds is 4. The van der Waals surface area contributed by atoms with E-state index in [4.69, 9.17) is 0 Å². The van der Waals surface area contributed by atoms with Crippen molar-refractivity contribution in [1.82, 2.24) is 9.88 Å². The molecule has 0 saturated carbocycles. The molecule has 3 aromatic rings. The summed E-state index contributed by atoms with van der Waals surface area (Å²) in [6, 6.07) is 2.96. The second kappa shape index (κ2) is 6.53. The Morgan fingerprint density at radius 2 is 1.84 bits per heavy atom. The molecular formula is C17H16F3N3OS. The number of nitrogens with one attached hydrogen (secondary N) is 2. The summed E-state index contributed by atoms with van der Waals surface area (Å²) in [4.78, 5) is 18.6. The third-order valence-corrected chi connectivity index (χ3v) is 4.75. The highest BCUT2D eigenvalue weighted by Crippen LogP contribution is 2.32. The van der Waals surface area contributed by atoms with Crippen LogP contribution in [0.2, 0.25) is 0 Å². The maximum absolute atomic E-state index is 13.8. The molecule has 0 spiro atoms. The number of halogens is 3. The minimum Gasteiger partial charge on any atom is -0.350 e. The molecule has 0 aliphatic heterocycles. The number of carbonyl (C=O) groups excluding carboxylic acids is 1. The van der Waals surface area contributed by atoms with Crippen LogP contribution in [0.15, 0.2) is 18.2 Å². The van der Waals surface area contributed by atoms with Crippen LogP contribution in [0.25, 0.3) is 10.2 Å². The van der Waals surface area contributed by atoms with Crippen molar-refractivity contribution < 1.29 is 18.0 Å². The molecule has 132 valence electrons. The molecule has 0 aliphatic carbocycles. The van der Waals surface area contributed by atoms with Gasteiger partial charge in [0.05, 0.1) is 10.2 Å². The zero-order valence-electron chi connectivity index (χ0n) is 13.8. The first-order chi connectivity index (χ1) is 11.8. The molecule has 8 heteroatoms. The van der Waals surface area contributed by atoms with Crippen molar-refractivity contribution in [1.29, 1.82) is 0 Å². The van der Waals surface area contributed by atoms with Gasteiger partial charge in [0.1, 0.15) is 17.2 Å². The van der Waals surface area contributed by atoms with Gasteiger partial charge in [-0.2, -0.15) is 0 Å². The molecule has 2 N–H and O–H groups in total. The van der Waals surface area contributed by atoms with E-state index in [2.05, 4.69) is 10.3 Å². The average molecular weight is 367 g/mol. The summed E-state index contributed by atoms with van der Waals surface area (Å²) in [5, 5.41) is 2.20. The lowest BCUT2D eigenvalue weighted by molar-refractivity contribution is 0.102. The van der Waals surface area contributed by atoms with Crippen LogP contribution < -0.4 is 5.32 Å². The van der Waals surface area contributed by atoms with Gasteiger partial charge in [-0.1, -0.05) is 0 Å². The van der Waals surface area contributed by atoms with Gasteiger partial charge in [-0.15, -0.1) is 11.3 Å². The number of benzene rings is 1. The zero-order valence-corrected chi connectivity index (χ0v) is 14.7. The Morgan fingerprint density at radius 1 is 1.20 bits per heavy atom. The monoisotopic (exact) mass is 367 g/mol. The summed E-state index contributed by atoms with van der Waals surface area (Å²) < 4.78 is 41.5. The van der Waals surface area contributed by atoms with Gasteiger partial charge in [-0.25, -0.2) is 13.2 Å². The summed E-state index contributed by atoms with van der Waals surface area (Å²) in [6.45, 7) is 2.44. The summed E-state index contributed by atoms with van der Waals surface area (Å²) in [7, 11) is 3.72. The minimum absolute atomic E-state index is 0.234.